The Balaban J connectivity index is -0.000000340. The van der Waals surface area contributed by atoms with Gasteiger partial charge in [-0.1, -0.05) is 93.4 Å². The van der Waals surface area contributed by atoms with E-state index in [1.807, 2.05) is 34.6 Å². The van der Waals surface area contributed by atoms with E-state index >= 15 is 0 Å². The van der Waals surface area contributed by atoms with Gasteiger partial charge in [0.15, 0.2) is 0 Å². The second-order valence-corrected chi connectivity index (χ2v) is 8.18. The van der Waals surface area contributed by atoms with Gasteiger partial charge in [0, 0.05) is 13.1 Å². The molecule has 0 aromatic rings. The summed E-state index contributed by atoms with van der Waals surface area (Å²) in [6, 6.07) is 0. The highest BCUT2D eigenvalue weighted by Gasteiger charge is 2.23. The van der Waals surface area contributed by atoms with Crippen molar-refractivity contribution >= 4 is 6.09 Å². The Hall–Kier alpha value is -0.730. The van der Waals surface area contributed by atoms with Gasteiger partial charge < -0.3 is 9.64 Å². The maximum absolute atomic E-state index is 11.4. The molecule has 27 heavy (non-hydrogen) atoms. The quantitative estimate of drug-likeness (QED) is 0.428. The zero-order chi connectivity index (χ0) is 21.7. The Morgan fingerprint density at radius 3 is 1.74 bits per heavy atom. The van der Waals surface area contributed by atoms with Gasteiger partial charge in [0.05, 0.1) is 0 Å². The molecule has 0 aromatic heterocycles. The van der Waals surface area contributed by atoms with Crippen molar-refractivity contribution in [2.45, 2.75) is 133 Å². The number of likely N-dealkylation sites (tertiary alicyclic amines) is 1. The lowest BCUT2D eigenvalue weighted by atomic mass is 10.0. The fraction of sp³-hybridized carbons (Fsp3) is 0.958. The molecular formula is C24H53NO2. The van der Waals surface area contributed by atoms with Crippen LogP contribution in [0, 0.1) is 5.92 Å². The number of carbonyl (C=O) groups is 1. The van der Waals surface area contributed by atoms with Gasteiger partial charge in [-0.15, -0.1) is 0 Å². The van der Waals surface area contributed by atoms with Gasteiger partial charge in [-0.3, -0.25) is 0 Å². The van der Waals surface area contributed by atoms with Crippen molar-refractivity contribution in [3.8, 4) is 0 Å². The van der Waals surface area contributed by atoms with Crippen LogP contribution in [0.4, 0.5) is 4.79 Å². The van der Waals surface area contributed by atoms with E-state index in [2.05, 4.69) is 34.6 Å². The Morgan fingerprint density at radius 2 is 1.41 bits per heavy atom. The summed E-state index contributed by atoms with van der Waals surface area (Å²) < 4.78 is 5.21. The van der Waals surface area contributed by atoms with E-state index in [0.29, 0.717) is 0 Å². The molecule has 166 valence electrons. The number of carbonyl (C=O) groups excluding carboxylic acids is 1. The van der Waals surface area contributed by atoms with Crippen molar-refractivity contribution in [1.82, 2.24) is 4.90 Å². The predicted molar refractivity (Wildman–Crippen MR) is 123 cm³/mol. The zero-order valence-corrected chi connectivity index (χ0v) is 20.6. The molecule has 1 rings (SSSR count). The van der Waals surface area contributed by atoms with Crippen LogP contribution in [0.2, 0.25) is 0 Å². The molecule has 1 aliphatic rings. The fourth-order valence-corrected chi connectivity index (χ4v) is 2.17. The Bertz CT molecular complexity index is 289. The third-order valence-corrected chi connectivity index (χ3v) is 4.26. The van der Waals surface area contributed by atoms with Gasteiger partial charge in [0.2, 0.25) is 0 Å². The SMILES string of the molecule is CC.CC(C)(C)OC(=O)N1CCCC1.CCCC.CCCCCC(C)CC. The number of hydrogen-bond acceptors (Lipinski definition) is 2. The van der Waals surface area contributed by atoms with Crippen molar-refractivity contribution in [2.75, 3.05) is 13.1 Å². The minimum absolute atomic E-state index is 0.167. The molecule has 1 saturated heterocycles. The van der Waals surface area contributed by atoms with Crippen LogP contribution in [0.15, 0.2) is 0 Å². The van der Waals surface area contributed by atoms with E-state index in [-0.39, 0.29) is 11.7 Å². The van der Waals surface area contributed by atoms with E-state index in [1.165, 1.54) is 44.9 Å². The summed E-state index contributed by atoms with van der Waals surface area (Å²) in [4.78, 5) is 13.1. The first-order valence-corrected chi connectivity index (χ1v) is 11.7. The van der Waals surface area contributed by atoms with Crippen LogP contribution in [-0.2, 0) is 4.74 Å². The third-order valence-electron chi connectivity index (χ3n) is 4.26. The Morgan fingerprint density at radius 1 is 0.926 bits per heavy atom. The maximum Gasteiger partial charge on any atom is 0.410 e. The summed E-state index contributed by atoms with van der Waals surface area (Å²) >= 11 is 0. The highest BCUT2D eigenvalue weighted by Crippen LogP contribution is 2.14. The molecule has 0 N–H and O–H groups in total. The van der Waals surface area contributed by atoms with Crippen LogP contribution in [0.25, 0.3) is 0 Å². The lowest BCUT2D eigenvalue weighted by molar-refractivity contribution is 0.0295. The molecule has 0 aliphatic carbocycles. The lowest BCUT2D eigenvalue weighted by Crippen LogP contribution is -2.34. The average Bonchev–Trinajstić information content (AvgIpc) is 3.18. The molecule has 0 bridgehead atoms. The topological polar surface area (TPSA) is 29.5 Å². The number of unbranched alkanes of at least 4 members (excludes halogenated alkanes) is 3. The summed E-state index contributed by atoms with van der Waals surface area (Å²) in [5, 5.41) is 0. The fourth-order valence-electron chi connectivity index (χ4n) is 2.17. The smallest absolute Gasteiger partial charge is 0.410 e. The van der Waals surface area contributed by atoms with E-state index in [0.717, 1.165) is 31.8 Å². The summed E-state index contributed by atoms with van der Waals surface area (Å²) in [6.07, 6.45) is 11.7. The maximum atomic E-state index is 11.4. The van der Waals surface area contributed by atoms with E-state index < -0.39 is 0 Å². The average molecular weight is 388 g/mol. The normalized spacial score (nSPS) is 13.9. The highest BCUT2D eigenvalue weighted by molar-refractivity contribution is 5.68. The molecule has 0 spiro atoms. The van der Waals surface area contributed by atoms with Crippen LogP contribution in [-0.4, -0.2) is 29.7 Å². The molecule has 1 heterocycles. The molecule has 0 radical (unpaired) electrons. The van der Waals surface area contributed by atoms with Crippen molar-refractivity contribution in [2.24, 2.45) is 5.92 Å². The summed E-state index contributed by atoms with van der Waals surface area (Å²) in [7, 11) is 0. The van der Waals surface area contributed by atoms with Crippen molar-refractivity contribution < 1.29 is 9.53 Å². The Kier molecular flexibility index (Phi) is 24.7. The summed E-state index contributed by atoms with van der Waals surface area (Å²) in [5.74, 6) is 0.955. The van der Waals surface area contributed by atoms with Crippen molar-refractivity contribution in [3.63, 3.8) is 0 Å². The van der Waals surface area contributed by atoms with E-state index in [1.54, 1.807) is 4.90 Å². The predicted octanol–water partition coefficient (Wildman–Crippen LogP) is 8.46. The van der Waals surface area contributed by atoms with E-state index in [4.69, 9.17) is 4.74 Å². The van der Waals surface area contributed by atoms with Gasteiger partial charge >= 0.3 is 6.09 Å². The second-order valence-electron chi connectivity index (χ2n) is 8.18. The number of amides is 1. The van der Waals surface area contributed by atoms with Gasteiger partial charge in [-0.05, 0) is 39.5 Å². The lowest BCUT2D eigenvalue weighted by Gasteiger charge is -2.23. The van der Waals surface area contributed by atoms with Gasteiger partial charge in [-0.2, -0.15) is 0 Å². The van der Waals surface area contributed by atoms with Crippen molar-refractivity contribution in [1.29, 1.82) is 0 Å². The molecule has 3 heteroatoms. The molecule has 3 nitrogen and oxygen atoms in total. The van der Waals surface area contributed by atoms with E-state index in [9.17, 15) is 4.79 Å². The van der Waals surface area contributed by atoms with Gasteiger partial charge in [-0.25, -0.2) is 4.79 Å². The Labute approximate surface area is 172 Å². The zero-order valence-electron chi connectivity index (χ0n) is 20.6. The van der Waals surface area contributed by atoms with Crippen LogP contribution in [0.5, 0.6) is 0 Å². The first-order chi connectivity index (χ1) is 12.7. The molecular weight excluding hydrogens is 334 g/mol. The number of ether oxygens (including phenoxy) is 1. The van der Waals surface area contributed by atoms with Crippen LogP contribution >= 0.6 is 0 Å². The molecule has 1 aliphatic heterocycles. The van der Waals surface area contributed by atoms with Crippen LogP contribution < -0.4 is 0 Å². The summed E-state index contributed by atoms with van der Waals surface area (Å²) in [6.45, 7) is 22.6. The van der Waals surface area contributed by atoms with Gasteiger partial charge in [0.1, 0.15) is 5.60 Å². The third kappa shape index (κ3) is 25.3. The number of hydrogen-bond donors (Lipinski definition) is 0. The molecule has 1 amide bonds. The van der Waals surface area contributed by atoms with Gasteiger partial charge in [0.25, 0.3) is 0 Å². The summed E-state index contributed by atoms with van der Waals surface area (Å²) in [5.41, 5.74) is -0.361. The first kappa shape index (κ1) is 31.0. The van der Waals surface area contributed by atoms with Crippen LogP contribution in [0.1, 0.15) is 127 Å². The van der Waals surface area contributed by atoms with Crippen LogP contribution in [0.3, 0.4) is 0 Å². The molecule has 0 saturated carbocycles. The number of rotatable bonds is 6. The highest BCUT2D eigenvalue weighted by atomic mass is 16.6. The minimum atomic E-state index is -0.361. The molecule has 1 atom stereocenters. The minimum Gasteiger partial charge on any atom is -0.444 e. The molecule has 0 aromatic carbocycles. The number of nitrogens with zero attached hydrogens (tertiary/aromatic N) is 1. The largest absolute Gasteiger partial charge is 0.444 e. The first-order valence-electron chi connectivity index (χ1n) is 11.7. The molecule has 1 fully saturated rings. The molecule has 1 unspecified atom stereocenters. The van der Waals surface area contributed by atoms with Crippen molar-refractivity contribution in [3.05, 3.63) is 0 Å². The second kappa shape index (κ2) is 21.6. The standard InChI is InChI=1S/C9H17NO2.C9H20.C4H10.C2H6/c1-9(2,3)12-8(11)10-6-4-5-7-10;1-4-6-7-8-9(3)5-2;1-3-4-2;1-2/h4-7H2,1-3H3;9H,4-8H2,1-3H3;3-4H2,1-2H3;1-2H3. The monoisotopic (exact) mass is 387 g/mol.